The number of anilines is 1. The van der Waals surface area contributed by atoms with Crippen molar-refractivity contribution in [3.8, 4) is 5.75 Å². The number of hydrogen-bond donors (Lipinski definition) is 1. The SMILES string of the molecule is O=CN(C=O)[C@H]1CCC(=O)N(c2ccc(O)cc2)C1=O. The fraction of sp³-hybridized carbons (Fsp3) is 0.231. The Balaban J connectivity index is 2.33. The standard InChI is InChI=1S/C13H12N2O5/c16-7-14(8-17)11-5-6-12(19)15(13(11)20)9-1-3-10(18)4-2-9/h1-4,7-8,11,18H,5-6H2/t11-/m0/s1. The summed E-state index contributed by atoms with van der Waals surface area (Å²) in [6.07, 6.45) is 0.694. The maximum absolute atomic E-state index is 12.3. The van der Waals surface area contributed by atoms with Gasteiger partial charge in [-0.3, -0.25) is 24.1 Å². The maximum atomic E-state index is 12.3. The molecular formula is C13H12N2O5. The van der Waals surface area contributed by atoms with Gasteiger partial charge in [-0.05, 0) is 30.7 Å². The molecule has 0 aliphatic carbocycles. The van der Waals surface area contributed by atoms with E-state index in [1.54, 1.807) is 0 Å². The number of hydrogen-bond acceptors (Lipinski definition) is 5. The monoisotopic (exact) mass is 276 g/mol. The summed E-state index contributed by atoms with van der Waals surface area (Å²) in [6, 6.07) is 4.55. The Labute approximate surface area is 114 Å². The third kappa shape index (κ3) is 2.37. The van der Waals surface area contributed by atoms with E-state index in [-0.39, 0.29) is 31.4 Å². The molecule has 7 nitrogen and oxygen atoms in total. The fourth-order valence-electron chi connectivity index (χ4n) is 2.09. The summed E-state index contributed by atoms with van der Waals surface area (Å²) in [5.74, 6) is -1.04. The Morgan fingerprint density at radius 3 is 2.30 bits per heavy atom. The molecule has 1 aliphatic rings. The fourth-order valence-corrected chi connectivity index (χ4v) is 2.09. The molecule has 0 aromatic heterocycles. The molecule has 4 amide bonds. The summed E-state index contributed by atoms with van der Waals surface area (Å²) in [7, 11) is 0. The molecule has 0 radical (unpaired) electrons. The van der Waals surface area contributed by atoms with E-state index in [2.05, 4.69) is 0 Å². The van der Waals surface area contributed by atoms with Crippen molar-refractivity contribution in [2.45, 2.75) is 18.9 Å². The minimum Gasteiger partial charge on any atom is -0.508 e. The first kappa shape index (κ1) is 13.7. The lowest BCUT2D eigenvalue weighted by molar-refractivity contribution is -0.142. The molecule has 0 saturated carbocycles. The van der Waals surface area contributed by atoms with Gasteiger partial charge in [-0.1, -0.05) is 0 Å². The summed E-state index contributed by atoms with van der Waals surface area (Å²) in [4.78, 5) is 47.3. The van der Waals surface area contributed by atoms with E-state index in [0.717, 1.165) is 4.90 Å². The number of aromatic hydroxyl groups is 1. The van der Waals surface area contributed by atoms with Crippen LogP contribution in [0.3, 0.4) is 0 Å². The van der Waals surface area contributed by atoms with Crippen LogP contribution in [0.5, 0.6) is 5.75 Å². The summed E-state index contributed by atoms with van der Waals surface area (Å²) in [6.45, 7) is 0. The van der Waals surface area contributed by atoms with E-state index in [9.17, 15) is 24.3 Å². The van der Waals surface area contributed by atoms with Crippen molar-refractivity contribution in [3.05, 3.63) is 24.3 Å². The van der Waals surface area contributed by atoms with E-state index in [1.165, 1.54) is 24.3 Å². The van der Waals surface area contributed by atoms with Crippen LogP contribution in [0.15, 0.2) is 24.3 Å². The van der Waals surface area contributed by atoms with Crippen LogP contribution in [-0.4, -0.2) is 40.7 Å². The Hall–Kier alpha value is -2.70. The first-order valence-electron chi connectivity index (χ1n) is 5.92. The van der Waals surface area contributed by atoms with E-state index >= 15 is 0 Å². The normalized spacial score (nSPS) is 18.8. The van der Waals surface area contributed by atoms with Crippen LogP contribution in [0.4, 0.5) is 5.69 Å². The first-order valence-corrected chi connectivity index (χ1v) is 5.92. The summed E-state index contributed by atoms with van der Waals surface area (Å²) < 4.78 is 0. The first-order chi connectivity index (χ1) is 9.58. The van der Waals surface area contributed by atoms with Gasteiger partial charge in [0.25, 0.3) is 5.91 Å². The van der Waals surface area contributed by atoms with Crippen molar-refractivity contribution in [2.24, 2.45) is 0 Å². The van der Waals surface area contributed by atoms with Gasteiger partial charge in [0.05, 0.1) is 5.69 Å². The minimum absolute atomic E-state index is 0.00427. The molecule has 1 atom stereocenters. The zero-order chi connectivity index (χ0) is 14.7. The molecule has 1 aromatic rings. The van der Waals surface area contributed by atoms with Gasteiger partial charge in [0, 0.05) is 6.42 Å². The number of carbonyl (C=O) groups is 4. The van der Waals surface area contributed by atoms with Gasteiger partial charge in [-0.15, -0.1) is 0 Å². The topological polar surface area (TPSA) is 95.0 Å². The number of benzene rings is 1. The van der Waals surface area contributed by atoms with E-state index in [4.69, 9.17) is 0 Å². The van der Waals surface area contributed by atoms with Crippen LogP contribution < -0.4 is 4.90 Å². The Morgan fingerprint density at radius 2 is 1.75 bits per heavy atom. The highest BCUT2D eigenvalue weighted by Crippen LogP contribution is 2.25. The van der Waals surface area contributed by atoms with Crippen molar-refractivity contribution in [1.29, 1.82) is 0 Å². The molecule has 104 valence electrons. The van der Waals surface area contributed by atoms with Crippen LogP contribution in [0.1, 0.15) is 12.8 Å². The molecule has 2 rings (SSSR count). The third-order valence-corrected chi connectivity index (χ3v) is 3.10. The average molecular weight is 276 g/mol. The highest BCUT2D eigenvalue weighted by molar-refractivity contribution is 6.19. The van der Waals surface area contributed by atoms with Crippen molar-refractivity contribution >= 4 is 30.3 Å². The van der Waals surface area contributed by atoms with Gasteiger partial charge in [0.1, 0.15) is 11.8 Å². The smallest absolute Gasteiger partial charge is 0.257 e. The molecule has 1 aliphatic heterocycles. The lowest BCUT2D eigenvalue weighted by Gasteiger charge is -2.33. The van der Waals surface area contributed by atoms with Crippen molar-refractivity contribution in [3.63, 3.8) is 0 Å². The second-order valence-electron chi connectivity index (χ2n) is 4.30. The molecule has 0 bridgehead atoms. The summed E-state index contributed by atoms with van der Waals surface area (Å²) >= 11 is 0. The van der Waals surface area contributed by atoms with Gasteiger partial charge in [-0.2, -0.15) is 0 Å². The Kier molecular flexibility index (Phi) is 3.79. The second kappa shape index (κ2) is 5.52. The van der Waals surface area contributed by atoms with Gasteiger partial charge in [0.15, 0.2) is 0 Å². The zero-order valence-electron chi connectivity index (χ0n) is 10.4. The van der Waals surface area contributed by atoms with Crippen LogP contribution in [0.2, 0.25) is 0 Å². The van der Waals surface area contributed by atoms with Crippen LogP contribution in [-0.2, 0) is 19.2 Å². The predicted molar refractivity (Wildman–Crippen MR) is 67.6 cm³/mol. The van der Waals surface area contributed by atoms with Crippen LogP contribution in [0, 0.1) is 0 Å². The number of amides is 4. The molecule has 7 heteroatoms. The van der Waals surface area contributed by atoms with Gasteiger partial charge in [-0.25, -0.2) is 4.90 Å². The summed E-state index contributed by atoms with van der Waals surface area (Å²) in [5, 5.41) is 9.21. The van der Waals surface area contributed by atoms with Crippen LogP contribution in [0.25, 0.3) is 0 Å². The zero-order valence-corrected chi connectivity index (χ0v) is 10.4. The minimum atomic E-state index is -0.975. The van der Waals surface area contributed by atoms with Gasteiger partial charge in [0.2, 0.25) is 18.7 Å². The predicted octanol–water partition coefficient (Wildman–Crippen LogP) is 0.0290. The highest BCUT2D eigenvalue weighted by Gasteiger charge is 2.38. The molecule has 1 N–H and O–H groups in total. The molecule has 1 fully saturated rings. The van der Waals surface area contributed by atoms with Crippen molar-refractivity contribution in [2.75, 3.05) is 4.90 Å². The van der Waals surface area contributed by atoms with Gasteiger partial charge < -0.3 is 5.11 Å². The number of rotatable bonds is 4. The van der Waals surface area contributed by atoms with E-state index in [0.29, 0.717) is 10.6 Å². The largest absolute Gasteiger partial charge is 0.508 e. The number of phenols is 1. The Morgan fingerprint density at radius 1 is 1.15 bits per heavy atom. The molecule has 1 saturated heterocycles. The molecule has 1 aromatic carbocycles. The van der Waals surface area contributed by atoms with Crippen LogP contribution >= 0.6 is 0 Å². The second-order valence-corrected chi connectivity index (χ2v) is 4.30. The highest BCUT2D eigenvalue weighted by atomic mass is 16.3. The summed E-state index contributed by atoms with van der Waals surface area (Å²) in [5.41, 5.74) is 0.291. The number of piperidine rings is 1. The number of nitrogens with zero attached hydrogens (tertiary/aromatic N) is 2. The third-order valence-electron chi connectivity index (χ3n) is 3.10. The van der Waals surface area contributed by atoms with E-state index < -0.39 is 17.9 Å². The molecule has 20 heavy (non-hydrogen) atoms. The number of phenolic OH excluding ortho intramolecular Hbond substituents is 1. The average Bonchev–Trinajstić information content (AvgIpc) is 2.44. The van der Waals surface area contributed by atoms with E-state index in [1.807, 2.05) is 0 Å². The quantitative estimate of drug-likeness (QED) is 0.618. The molecular weight excluding hydrogens is 264 g/mol. The molecule has 1 heterocycles. The Bertz CT molecular complexity index is 546. The molecule has 0 unspecified atom stereocenters. The maximum Gasteiger partial charge on any atom is 0.257 e. The van der Waals surface area contributed by atoms with Gasteiger partial charge >= 0.3 is 0 Å². The lowest BCUT2D eigenvalue weighted by atomic mass is 10.0. The number of carbonyl (C=O) groups excluding carboxylic acids is 4. The number of imide groups is 2. The molecule has 0 spiro atoms. The van der Waals surface area contributed by atoms with Crippen molar-refractivity contribution in [1.82, 2.24) is 4.90 Å². The lowest BCUT2D eigenvalue weighted by Crippen LogP contribution is -2.54. The van der Waals surface area contributed by atoms with Crippen molar-refractivity contribution < 1.29 is 24.3 Å².